The average molecular weight is 369 g/mol. The number of hydrogen-bond acceptors (Lipinski definition) is 4. The normalized spacial score (nSPS) is 14.7. The Hall–Kier alpha value is -2.44. The first-order valence-corrected chi connectivity index (χ1v) is 9.19. The largest absolute Gasteiger partial charge is 0.369 e. The minimum absolute atomic E-state index is 0.122. The SMILES string of the molecule is CN1CCN(c2ccc(NC(=S)NC(=O)Cc3ccccc3)cc2)CC1. The van der Waals surface area contributed by atoms with E-state index >= 15 is 0 Å². The van der Waals surface area contributed by atoms with E-state index in [9.17, 15) is 4.79 Å². The third-order valence-corrected chi connectivity index (χ3v) is 4.66. The highest BCUT2D eigenvalue weighted by molar-refractivity contribution is 7.80. The maximum atomic E-state index is 12.1. The van der Waals surface area contributed by atoms with Crippen molar-refractivity contribution in [3.8, 4) is 0 Å². The van der Waals surface area contributed by atoms with Gasteiger partial charge in [0.25, 0.3) is 0 Å². The second-order valence-electron chi connectivity index (χ2n) is 6.50. The van der Waals surface area contributed by atoms with E-state index in [-0.39, 0.29) is 5.91 Å². The molecule has 2 aromatic rings. The standard InChI is InChI=1S/C20H24N4OS/c1-23-11-13-24(14-12-23)18-9-7-17(8-10-18)21-20(26)22-19(25)15-16-5-3-2-4-6-16/h2-10H,11-15H2,1H3,(H2,21,22,25,26). The van der Waals surface area contributed by atoms with Crippen molar-refractivity contribution >= 4 is 34.6 Å². The molecule has 0 saturated carbocycles. The molecule has 1 amide bonds. The topological polar surface area (TPSA) is 47.6 Å². The Balaban J connectivity index is 1.49. The van der Waals surface area contributed by atoms with Crippen LogP contribution in [-0.2, 0) is 11.2 Å². The van der Waals surface area contributed by atoms with Gasteiger partial charge in [-0.05, 0) is 49.1 Å². The Kier molecular flexibility index (Phi) is 6.20. The molecule has 6 heteroatoms. The quantitative estimate of drug-likeness (QED) is 0.812. The van der Waals surface area contributed by atoms with Gasteiger partial charge in [-0.2, -0.15) is 0 Å². The maximum Gasteiger partial charge on any atom is 0.230 e. The van der Waals surface area contributed by atoms with Gasteiger partial charge in [0.1, 0.15) is 0 Å². The summed E-state index contributed by atoms with van der Waals surface area (Å²) in [6, 6.07) is 17.8. The van der Waals surface area contributed by atoms with Crippen molar-refractivity contribution < 1.29 is 4.79 Å². The number of carbonyl (C=O) groups is 1. The zero-order valence-electron chi connectivity index (χ0n) is 14.9. The Bertz CT molecular complexity index is 740. The number of benzene rings is 2. The fourth-order valence-electron chi connectivity index (χ4n) is 2.93. The lowest BCUT2D eigenvalue weighted by Gasteiger charge is -2.34. The number of anilines is 2. The first kappa shape index (κ1) is 18.4. The number of amides is 1. The van der Waals surface area contributed by atoms with Crippen molar-refractivity contribution in [2.45, 2.75) is 6.42 Å². The number of thiocarbonyl (C=S) groups is 1. The van der Waals surface area contributed by atoms with Gasteiger partial charge in [0.05, 0.1) is 6.42 Å². The van der Waals surface area contributed by atoms with E-state index in [2.05, 4.69) is 39.6 Å². The monoisotopic (exact) mass is 368 g/mol. The van der Waals surface area contributed by atoms with Crippen LogP contribution in [-0.4, -0.2) is 49.1 Å². The van der Waals surface area contributed by atoms with E-state index in [1.54, 1.807) is 0 Å². The van der Waals surface area contributed by atoms with Crippen LogP contribution in [0.15, 0.2) is 54.6 Å². The summed E-state index contributed by atoms with van der Waals surface area (Å²) in [5, 5.41) is 6.11. The number of piperazine rings is 1. The summed E-state index contributed by atoms with van der Waals surface area (Å²) in [5.74, 6) is -0.122. The molecule has 2 N–H and O–H groups in total. The highest BCUT2D eigenvalue weighted by atomic mass is 32.1. The maximum absolute atomic E-state index is 12.1. The number of likely N-dealkylation sites (N-methyl/N-ethyl adjacent to an activating group) is 1. The minimum Gasteiger partial charge on any atom is -0.369 e. The van der Waals surface area contributed by atoms with Crippen LogP contribution in [0.1, 0.15) is 5.56 Å². The van der Waals surface area contributed by atoms with Crippen molar-refractivity contribution in [3.05, 3.63) is 60.2 Å². The second kappa shape index (κ2) is 8.78. The second-order valence-corrected chi connectivity index (χ2v) is 6.91. The van der Waals surface area contributed by atoms with Gasteiger partial charge >= 0.3 is 0 Å². The molecular weight excluding hydrogens is 344 g/mol. The smallest absolute Gasteiger partial charge is 0.230 e. The third kappa shape index (κ3) is 5.28. The van der Waals surface area contributed by atoms with Crippen LogP contribution in [0.25, 0.3) is 0 Å². The molecule has 0 aromatic heterocycles. The number of hydrogen-bond donors (Lipinski definition) is 2. The molecule has 3 rings (SSSR count). The van der Waals surface area contributed by atoms with Crippen LogP contribution < -0.4 is 15.5 Å². The molecule has 1 aliphatic heterocycles. The number of nitrogens with zero attached hydrogens (tertiary/aromatic N) is 2. The van der Waals surface area contributed by atoms with Gasteiger partial charge in [0, 0.05) is 37.6 Å². The van der Waals surface area contributed by atoms with Crippen LogP contribution in [0.2, 0.25) is 0 Å². The lowest BCUT2D eigenvalue weighted by atomic mass is 10.1. The molecule has 26 heavy (non-hydrogen) atoms. The first-order chi connectivity index (χ1) is 12.6. The lowest BCUT2D eigenvalue weighted by molar-refractivity contribution is -0.119. The van der Waals surface area contributed by atoms with Crippen molar-refractivity contribution in [2.24, 2.45) is 0 Å². The third-order valence-electron chi connectivity index (χ3n) is 4.45. The molecule has 2 aromatic carbocycles. The van der Waals surface area contributed by atoms with Gasteiger partial charge in [0.2, 0.25) is 5.91 Å². The molecule has 1 saturated heterocycles. The molecule has 0 atom stereocenters. The Morgan fingerprint density at radius 3 is 2.31 bits per heavy atom. The summed E-state index contributed by atoms with van der Waals surface area (Å²) in [4.78, 5) is 16.8. The molecule has 0 bridgehead atoms. The summed E-state index contributed by atoms with van der Waals surface area (Å²) in [5.41, 5.74) is 3.04. The molecule has 0 spiro atoms. The number of nitrogens with one attached hydrogen (secondary N) is 2. The Morgan fingerprint density at radius 2 is 1.65 bits per heavy atom. The van der Waals surface area contributed by atoms with Crippen molar-refractivity contribution in [1.82, 2.24) is 10.2 Å². The molecule has 136 valence electrons. The summed E-state index contributed by atoms with van der Waals surface area (Å²) >= 11 is 5.24. The summed E-state index contributed by atoms with van der Waals surface area (Å²) in [6.07, 6.45) is 0.311. The van der Waals surface area contributed by atoms with E-state index in [0.717, 1.165) is 37.4 Å². The molecule has 0 radical (unpaired) electrons. The van der Waals surface area contributed by atoms with Crippen LogP contribution in [0, 0.1) is 0 Å². The van der Waals surface area contributed by atoms with E-state index < -0.39 is 0 Å². The summed E-state index contributed by atoms with van der Waals surface area (Å²) < 4.78 is 0. The average Bonchev–Trinajstić information content (AvgIpc) is 2.64. The van der Waals surface area contributed by atoms with E-state index in [4.69, 9.17) is 12.2 Å². The Morgan fingerprint density at radius 1 is 1.00 bits per heavy atom. The molecule has 1 heterocycles. The number of carbonyl (C=O) groups excluding carboxylic acids is 1. The molecule has 5 nitrogen and oxygen atoms in total. The van der Waals surface area contributed by atoms with E-state index in [1.807, 2.05) is 42.5 Å². The van der Waals surface area contributed by atoms with Crippen molar-refractivity contribution in [3.63, 3.8) is 0 Å². The van der Waals surface area contributed by atoms with Gasteiger partial charge in [-0.3, -0.25) is 4.79 Å². The van der Waals surface area contributed by atoms with Crippen LogP contribution in [0.3, 0.4) is 0 Å². The molecule has 0 unspecified atom stereocenters. The predicted octanol–water partition coefficient (Wildman–Crippen LogP) is 2.49. The first-order valence-electron chi connectivity index (χ1n) is 8.78. The molecular formula is C20H24N4OS. The highest BCUT2D eigenvalue weighted by Gasteiger charge is 2.14. The highest BCUT2D eigenvalue weighted by Crippen LogP contribution is 2.19. The molecule has 1 aliphatic rings. The van der Waals surface area contributed by atoms with Gasteiger partial charge < -0.3 is 20.4 Å². The zero-order valence-corrected chi connectivity index (χ0v) is 15.8. The summed E-state index contributed by atoms with van der Waals surface area (Å²) in [6.45, 7) is 4.24. The summed E-state index contributed by atoms with van der Waals surface area (Å²) in [7, 11) is 2.15. The fraction of sp³-hybridized carbons (Fsp3) is 0.300. The van der Waals surface area contributed by atoms with Crippen molar-refractivity contribution in [2.75, 3.05) is 43.4 Å². The van der Waals surface area contributed by atoms with Crippen LogP contribution in [0.5, 0.6) is 0 Å². The molecule has 1 fully saturated rings. The van der Waals surface area contributed by atoms with Crippen LogP contribution in [0.4, 0.5) is 11.4 Å². The van der Waals surface area contributed by atoms with Gasteiger partial charge in [-0.25, -0.2) is 0 Å². The zero-order chi connectivity index (χ0) is 18.4. The number of rotatable bonds is 4. The predicted molar refractivity (Wildman–Crippen MR) is 111 cm³/mol. The van der Waals surface area contributed by atoms with Gasteiger partial charge in [-0.1, -0.05) is 30.3 Å². The van der Waals surface area contributed by atoms with Gasteiger partial charge in [-0.15, -0.1) is 0 Å². The van der Waals surface area contributed by atoms with Crippen molar-refractivity contribution in [1.29, 1.82) is 0 Å². The van der Waals surface area contributed by atoms with Crippen LogP contribution >= 0.6 is 12.2 Å². The Labute approximate surface area is 160 Å². The van der Waals surface area contributed by atoms with Gasteiger partial charge in [0.15, 0.2) is 5.11 Å². The van der Waals surface area contributed by atoms with E-state index in [0.29, 0.717) is 11.5 Å². The molecule has 0 aliphatic carbocycles. The fourth-order valence-corrected chi connectivity index (χ4v) is 3.17. The van der Waals surface area contributed by atoms with E-state index in [1.165, 1.54) is 5.69 Å². The minimum atomic E-state index is -0.122. The lowest BCUT2D eigenvalue weighted by Crippen LogP contribution is -2.44.